The molecule has 1 fully saturated rings. The minimum atomic E-state index is -0.124. The second-order valence-electron chi connectivity index (χ2n) is 3.95. The predicted octanol–water partition coefficient (Wildman–Crippen LogP) is -0.0307. The molecule has 2 N–H and O–H groups in total. The number of rotatable bonds is 5. The zero-order valence-corrected chi connectivity index (χ0v) is 8.83. The second kappa shape index (κ2) is 5.98. The van der Waals surface area contributed by atoms with Crippen molar-refractivity contribution in [1.29, 1.82) is 0 Å². The Labute approximate surface area is 85.3 Å². The van der Waals surface area contributed by atoms with Gasteiger partial charge >= 0.3 is 0 Å². The van der Waals surface area contributed by atoms with Crippen LogP contribution in [0.15, 0.2) is 0 Å². The highest BCUT2D eigenvalue weighted by Gasteiger charge is 2.13. The standard InChI is InChI=1S/C10H20N2O2/c1-9(8-13)11-10(14)4-7-12-5-2-3-6-12/h9,13H,2-8H2,1H3,(H,11,14)/t9-/m1/s1. The first-order chi connectivity index (χ1) is 6.72. The molecule has 0 radical (unpaired) electrons. The number of aliphatic hydroxyl groups is 1. The summed E-state index contributed by atoms with van der Waals surface area (Å²) in [4.78, 5) is 13.6. The van der Waals surface area contributed by atoms with Crippen molar-refractivity contribution in [3.63, 3.8) is 0 Å². The normalized spacial score (nSPS) is 19.6. The average molecular weight is 200 g/mol. The Morgan fingerprint density at radius 2 is 2.14 bits per heavy atom. The van der Waals surface area contributed by atoms with Gasteiger partial charge in [0.1, 0.15) is 0 Å². The van der Waals surface area contributed by atoms with Crippen molar-refractivity contribution in [2.24, 2.45) is 0 Å². The molecule has 1 heterocycles. The summed E-state index contributed by atoms with van der Waals surface area (Å²) in [5.74, 6) is 0.0402. The summed E-state index contributed by atoms with van der Waals surface area (Å²) in [7, 11) is 0. The molecule has 82 valence electrons. The minimum absolute atomic E-state index is 0.00938. The van der Waals surface area contributed by atoms with Gasteiger partial charge in [0, 0.05) is 19.0 Å². The topological polar surface area (TPSA) is 52.6 Å². The first kappa shape index (κ1) is 11.5. The average Bonchev–Trinajstić information content (AvgIpc) is 2.67. The van der Waals surface area contributed by atoms with Crippen molar-refractivity contribution in [3.05, 3.63) is 0 Å². The lowest BCUT2D eigenvalue weighted by Gasteiger charge is -2.15. The molecular weight excluding hydrogens is 180 g/mol. The Balaban J connectivity index is 2.08. The maximum atomic E-state index is 11.3. The van der Waals surface area contributed by atoms with Gasteiger partial charge in [0.25, 0.3) is 0 Å². The zero-order chi connectivity index (χ0) is 10.4. The quantitative estimate of drug-likeness (QED) is 0.655. The van der Waals surface area contributed by atoms with E-state index >= 15 is 0 Å². The molecule has 0 aromatic carbocycles. The summed E-state index contributed by atoms with van der Waals surface area (Å²) in [6, 6.07) is -0.124. The number of hydrogen-bond acceptors (Lipinski definition) is 3. The van der Waals surface area contributed by atoms with Crippen LogP contribution in [0.4, 0.5) is 0 Å². The highest BCUT2D eigenvalue weighted by molar-refractivity contribution is 5.76. The molecule has 4 heteroatoms. The van der Waals surface area contributed by atoms with Crippen LogP contribution in [0.5, 0.6) is 0 Å². The largest absolute Gasteiger partial charge is 0.394 e. The van der Waals surface area contributed by atoms with Crippen molar-refractivity contribution in [2.45, 2.75) is 32.2 Å². The van der Waals surface area contributed by atoms with Gasteiger partial charge in [-0.15, -0.1) is 0 Å². The minimum Gasteiger partial charge on any atom is -0.394 e. The Kier molecular flexibility index (Phi) is 4.90. The SMILES string of the molecule is C[C@H](CO)NC(=O)CCN1CCCC1. The monoisotopic (exact) mass is 200 g/mol. The van der Waals surface area contributed by atoms with Crippen LogP contribution < -0.4 is 5.32 Å². The van der Waals surface area contributed by atoms with Crippen LogP contribution in [0.2, 0.25) is 0 Å². The molecular formula is C10H20N2O2. The summed E-state index contributed by atoms with van der Waals surface area (Å²) in [6.45, 7) is 4.92. The fourth-order valence-corrected chi connectivity index (χ4v) is 1.66. The Bertz CT molecular complexity index is 179. The van der Waals surface area contributed by atoms with Gasteiger partial charge in [-0.3, -0.25) is 4.79 Å². The molecule has 0 aromatic rings. The number of carbonyl (C=O) groups is 1. The van der Waals surface area contributed by atoms with E-state index in [9.17, 15) is 4.79 Å². The van der Waals surface area contributed by atoms with E-state index in [-0.39, 0.29) is 18.6 Å². The van der Waals surface area contributed by atoms with Crippen LogP contribution in [0.25, 0.3) is 0 Å². The number of amides is 1. The molecule has 1 aliphatic heterocycles. The lowest BCUT2D eigenvalue weighted by molar-refractivity contribution is -0.122. The molecule has 1 amide bonds. The molecule has 4 nitrogen and oxygen atoms in total. The molecule has 1 aliphatic rings. The maximum Gasteiger partial charge on any atom is 0.221 e. The molecule has 0 spiro atoms. The van der Waals surface area contributed by atoms with Crippen LogP contribution >= 0.6 is 0 Å². The third-order valence-electron chi connectivity index (χ3n) is 2.54. The van der Waals surface area contributed by atoms with E-state index in [1.54, 1.807) is 6.92 Å². The Hall–Kier alpha value is -0.610. The Morgan fingerprint density at radius 1 is 1.50 bits per heavy atom. The van der Waals surface area contributed by atoms with Crippen molar-refractivity contribution in [3.8, 4) is 0 Å². The summed E-state index contributed by atoms with van der Waals surface area (Å²) >= 11 is 0. The maximum absolute atomic E-state index is 11.3. The number of likely N-dealkylation sites (tertiary alicyclic amines) is 1. The molecule has 1 rings (SSSR count). The lowest BCUT2D eigenvalue weighted by Crippen LogP contribution is -2.36. The van der Waals surface area contributed by atoms with Crippen LogP contribution in [-0.4, -0.2) is 48.2 Å². The van der Waals surface area contributed by atoms with Crippen molar-refractivity contribution < 1.29 is 9.90 Å². The van der Waals surface area contributed by atoms with Crippen LogP contribution in [-0.2, 0) is 4.79 Å². The molecule has 0 unspecified atom stereocenters. The molecule has 0 saturated carbocycles. The highest BCUT2D eigenvalue weighted by Crippen LogP contribution is 2.07. The van der Waals surface area contributed by atoms with E-state index in [1.807, 2.05) is 0 Å². The third kappa shape index (κ3) is 4.07. The van der Waals surface area contributed by atoms with E-state index in [0.29, 0.717) is 6.42 Å². The van der Waals surface area contributed by atoms with Gasteiger partial charge in [-0.1, -0.05) is 0 Å². The molecule has 14 heavy (non-hydrogen) atoms. The van der Waals surface area contributed by atoms with Crippen molar-refractivity contribution in [2.75, 3.05) is 26.2 Å². The molecule has 0 aromatic heterocycles. The molecule has 0 bridgehead atoms. The van der Waals surface area contributed by atoms with Gasteiger partial charge in [0.15, 0.2) is 0 Å². The van der Waals surface area contributed by atoms with E-state index in [0.717, 1.165) is 19.6 Å². The first-order valence-electron chi connectivity index (χ1n) is 5.35. The van der Waals surface area contributed by atoms with Gasteiger partial charge in [-0.05, 0) is 32.9 Å². The summed E-state index contributed by atoms with van der Waals surface area (Å²) in [6.07, 6.45) is 3.06. The number of aliphatic hydroxyl groups excluding tert-OH is 1. The first-order valence-corrected chi connectivity index (χ1v) is 5.35. The fourth-order valence-electron chi connectivity index (χ4n) is 1.66. The molecule has 1 saturated heterocycles. The summed E-state index contributed by atoms with van der Waals surface area (Å²) in [5, 5.41) is 11.5. The second-order valence-corrected chi connectivity index (χ2v) is 3.95. The van der Waals surface area contributed by atoms with Crippen molar-refractivity contribution >= 4 is 5.91 Å². The van der Waals surface area contributed by atoms with Crippen LogP contribution in [0, 0.1) is 0 Å². The lowest BCUT2D eigenvalue weighted by atomic mass is 10.3. The fraction of sp³-hybridized carbons (Fsp3) is 0.900. The van der Waals surface area contributed by atoms with Crippen LogP contribution in [0.1, 0.15) is 26.2 Å². The van der Waals surface area contributed by atoms with Crippen LogP contribution in [0.3, 0.4) is 0 Å². The highest BCUT2D eigenvalue weighted by atomic mass is 16.3. The molecule has 0 aliphatic carbocycles. The predicted molar refractivity (Wildman–Crippen MR) is 55.0 cm³/mol. The summed E-state index contributed by atoms with van der Waals surface area (Å²) in [5.41, 5.74) is 0. The number of carbonyl (C=O) groups excluding carboxylic acids is 1. The number of nitrogens with one attached hydrogen (secondary N) is 1. The van der Waals surface area contributed by atoms with Crippen molar-refractivity contribution in [1.82, 2.24) is 10.2 Å². The Morgan fingerprint density at radius 3 is 2.71 bits per heavy atom. The van der Waals surface area contributed by atoms with E-state index < -0.39 is 0 Å². The molecule has 1 atom stereocenters. The van der Waals surface area contributed by atoms with E-state index in [2.05, 4.69) is 10.2 Å². The summed E-state index contributed by atoms with van der Waals surface area (Å²) < 4.78 is 0. The smallest absolute Gasteiger partial charge is 0.221 e. The zero-order valence-electron chi connectivity index (χ0n) is 8.83. The van der Waals surface area contributed by atoms with Gasteiger partial charge in [-0.25, -0.2) is 0 Å². The van der Waals surface area contributed by atoms with E-state index in [4.69, 9.17) is 5.11 Å². The number of nitrogens with zero attached hydrogens (tertiary/aromatic N) is 1. The van der Waals surface area contributed by atoms with Gasteiger partial charge in [0.2, 0.25) is 5.91 Å². The van der Waals surface area contributed by atoms with E-state index in [1.165, 1.54) is 12.8 Å². The third-order valence-corrected chi connectivity index (χ3v) is 2.54. The van der Waals surface area contributed by atoms with Gasteiger partial charge in [-0.2, -0.15) is 0 Å². The number of hydrogen-bond donors (Lipinski definition) is 2. The van der Waals surface area contributed by atoms with Gasteiger partial charge in [0.05, 0.1) is 6.61 Å². The van der Waals surface area contributed by atoms with Gasteiger partial charge < -0.3 is 15.3 Å².